The Balaban J connectivity index is 1.77. The van der Waals surface area contributed by atoms with Crippen molar-refractivity contribution < 1.29 is 0 Å². The van der Waals surface area contributed by atoms with Gasteiger partial charge in [-0.3, -0.25) is 4.90 Å². The molecule has 2 aromatic rings. The van der Waals surface area contributed by atoms with Crippen LogP contribution in [0.5, 0.6) is 0 Å². The molecule has 1 aliphatic carbocycles. The van der Waals surface area contributed by atoms with Crippen molar-refractivity contribution >= 4 is 27.4 Å². The summed E-state index contributed by atoms with van der Waals surface area (Å²) in [7, 11) is 4.15. The van der Waals surface area contributed by atoms with E-state index in [1.165, 1.54) is 38.5 Å². The summed E-state index contributed by atoms with van der Waals surface area (Å²) in [5.74, 6) is 1.88. The molecule has 114 valence electrons. The number of hydrogen-bond acceptors (Lipinski definition) is 5. The minimum atomic E-state index is 0.688. The molecule has 2 aromatic heterocycles. The molecule has 0 bridgehead atoms. The molecule has 0 unspecified atom stereocenters. The van der Waals surface area contributed by atoms with E-state index >= 15 is 0 Å². The van der Waals surface area contributed by atoms with E-state index in [4.69, 9.17) is 9.97 Å². The lowest BCUT2D eigenvalue weighted by Gasteiger charge is -2.26. The molecule has 0 atom stereocenters. The van der Waals surface area contributed by atoms with Crippen LogP contribution in [0.2, 0.25) is 0 Å². The Kier molecular flexibility index (Phi) is 4.70. The van der Waals surface area contributed by atoms with Crippen LogP contribution in [0.3, 0.4) is 0 Å². The van der Waals surface area contributed by atoms with Gasteiger partial charge in [-0.25, -0.2) is 9.97 Å². The summed E-state index contributed by atoms with van der Waals surface area (Å²) in [6.07, 6.45) is 8.15. The first-order chi connectivity index (χ1) is 10.3. The number of anilines is 1. The van der Waals surface area contributed by atoms with Crippen LogP contribution < -0.4 is 5.32 Å². The molecule has 0 spiro atoms. The molecular formula is C16H24N4S. The summed E-state index contributed by atoms with van der Waals surface area (Å²) in [6, 6.07) is 2.78. The second-order valence-electron chi connectivity index (χ2n) is 5.94. The molecule has 0 saturated heterocycles. The SMILES string of the molecule is CNc1nc(CN(C)C2CCCCCC2)nc2sccc12. The predicted octanol–water partition coefficient (Wildman–Crippen LogP) is 3.89. The van der Waals surface area contributed by atoms with Crippen molar-refractivity contribution in [2.24, 2.45) is 0 Å². The number of nitrogens with one attached hydrogen (secondary N) is 1. The molecule has 2 heterocycles. The van der Waals surface area contributed by atoms with Gasteiger partial charge < -0.3 is 5.32 Å². The molecule has 4 nitrogen and oxygen atoms in total. The van der Waals surface area contributed by atoms with E-state index < -0.39 is 0 Å². The molecule has 0 amide bonds. The molecule has 1 N–H and O–H groups in total. The van der Waals surface area contributed by atoms with E-state index in [2.05, 4.69) is 28.7 Å². The Bertz CT molecular complexity index is 587. The van der Waals surface area contributed by atoms with Crippen LogP contribution in [0.4, 0.5) is 5.82 Å². The molecule has 21 heavy (non-hydrogen) atoms. The molecule has 0 aliphatic heterocycles. The fourth-order valence-corrected chi connectivity index (χ4v) is 3.99. The van der Waals surface area contributed by atoms with Crippen molar-refractivity contribution in [3.8, 4) is 0 Å². The lowest BCUT2D eigenvalue weighted by molar-refractivity contribution is 0.208. The van der Waals surface area contributed by atoms with Gasteiger partial charge in [-0.15, -0.1) is 11.3 Å². The topological polar surface area (TPSA) is 41.1 Å². The van der Waals surface area contributed by atoms with Gasteiger partial charge in [0.15, 0.2) is 0 Å². The van der Waals surface area contributed by atoms with Crippen molar-refractivity contribution in [3.05, 3.63) is 17.3 Å². The Morgan fingerprint density at radius 3 is 2.71 bits per heavy atom. The normalized spacial score (nSPS) is 17.3. The second-order valence-corrected chi connectivity index (χ2v) is 6.83. The maximum absolute atomic E-state index is 4.73. The quantitative estimate of drug-likeness (QED) is 0.870. The Morgan fingerprint density at radius 2 is 2.00 bits per heavy atom. The first kappa shape index (κ1) is 14.7. The highest BCUT2D eigenvalue weighted by Gasteiger charge is 2.18. The summed E-state index contributed by atoms with van der Waals surface area (Å²) in [6.45, 7) is 0.840. The van der Waals surface area contributed by atoms with Crippen LogP contribution >= 0.6 is 11.3 Å². The number of hydrogen-bond donors (Lipinski definition) is 1. The van der Waals surface area contributed by atoms with Crippen LogP contribution in [0.25, 0.3) is 10.2 Å². The maximum Gasteiger partial charge on any atom is 0.146 e. The molecule has 0 aromatic carbocycles. The van der Waals surface area contributed by atoms with Crippen LogP contribution in [0.15, 0.2) is 11.4 Å². The van der Waals surface area contributed by atoms with Crippen molar-refractivity contribution in [1.82, 2.24) is 14.9 Å². The molecule has 3 rings (SSSR count). The summed E-state index contributed by atoms with van der Waals surface area (Å²) in [4.78, 5) is 12.9. The van der Waals surface area contributed by atoms with Gasteiger partial charge in [0, 0.05) is 13.1 Å². The zero-order chi connectivity index (χ0) is 14.7. The van der Waals surface area contributed by atoms with Crippen LogP contribution in [-0.2, 0) is 6.54 Å². The first-order valence-corrected chi connectivity index (χ1v) is 8.78. The van der Waals surface area contributed by atoms with Gasteiger partial charge in [-0.05, 0) is 31.3 Å². The van der Waals surface area contributed by atoms with Crippen molar-refractivity contribution in [2.75, 3.05) is 19.4 Å². The van der Waals surface area contributed by atoms with Crippen molar-refractivity contribution in [2.45, 2.75) is 51.1 Å². The average Bonchev–Trinajstić information content (AvgIpc) is 2.79. The van der Waals surface area contributed by atoms with E-state index in [-0.39, 0.29) is 0 Å². The van der Waals surface area contributed by atoms with Crippen LogP contribution in [0.1, 0.15) is 44.3 Å². The highest BCUT2D eigenvalue weighted by molar-refractivity contribution is 7.16. The highest BCUT2D eigenvalue weighted by atomic mass is 32.1. The Hall–Kier alpha value is -1.20. The fraction of sp³-hybridized carbons (Fsp3) is 0.625. The summed E-state index contributed by atoms with van der Waals surface area (Å²) < 4.78 is 0. The van der Waals surface area contributed by atoms with E-state index in [1.54, 1.807) is 11.3 Å². The first-order valence-electron chi connectivity index (χ1n) is 7.90. The molecule has 1 aliphatic rings. The molecule has 1 fully saturated rings. The van der Waals surface area contributed by atoms with Gasteiger partial charge in [0.1, 0.15) is 16.5 Å². The standard InChI is InChI=1S/C16H24N4S/c1-17-15-13-9-10-21-16(13)19-14(18-15)11-20(2)12-7-5-3-4-6-8-12/h9-10,12H,3-8,11H2,1-2H3,(H,17,18,19). The third-order valence-corrected chi connectivity index (χ3v) is 5.25. The van der Waals surface area contributed by atoms with E-state index in [0.29, 0.717) is 6.04 Å². The average molecular weight is 304 g/mol. The van der Waals surface area contributed by atoms with Crippen molar-refractivity contribution in [1.29, 1.82) is 0 Å². The number of nitrogens with zero attached hydrogens (tertiary/aromatic N) is 3. The van der Waals surface area contributed by atoms with Gasteiger partial charge in [-0.2, -0.15) is 0 Å². The van der Waals surface area contributed by atoms with Gasteiger partial charge in [0.05, 0.1) is 11.9 Å². The molecule has 1 saturated carbocycles. The third-order valence-electron chi connectivity index (χ3n) is 4.45. The largest absolute Gasteiger partial charge is 0.372 e. The van der Waals surface area contributed by atoms with Gasteiger partial charge in [-0.1, -0.05) is 25.7 Å². The van der Waals surface area contributed by atoms with Gasteiger partial charge >= 0.3 is 0 Å². The van der Waals surface area contributed by atoms with E-state index in [1.807, 2.05) is 7.05 Å². The number of aromatic nitrogens is 2. The Morgan fingerprint density at radius 1 is 1.24 bits per heavy atom. The molecular weight excluding hydrogens is 280 g/mol. The fourth-order valence-electron chi connectivity index (χ4n) is 3.21. The summed E-state index contributed by atoms with van der Waals surface area (Å²) >= 11 is 1.69. The number of thiophene rings is 1. The minimum absolute atomic E-state index is 0.688. The highest BCUT2D eigenvalue weighted by Crippen LogP contribution is 2.26. The lowest BCUT2D eigenvalue weighted by atomic mass is 10.1. The van der Waals surface area contributed by atoms with Crippen LogP contribution in [0, 0.1) is 0 Å². The maximum atomic E-state index is 4.73. The van der Waals surface area contributed by atoms with Crippen LogP contribution in [-0.4, -0.2) is 35.0 Å². The second kappa shape index (κ2) is 6.71. The molecule has 5 heteroatoms. The van der Waals surface area contributed by atoms with E-state index in [0.717, 1.165) is 28.4 Å². The smallest absolute Gasteiger partial charge is 0.146 e. The number of rotatable bonds is 4. The van der Waals surface area contributed by atoms with Gasteiger partial charge in [0.25, 0.3) is 0 Å². The molecule has 0 radical (unpaired) electrons. The third kappa shape index (κ3) is 3.35. The zero-order valence-electron chi connectivity index (χ0n) is 12.9. The van der Waals surface area contributed by atoms with E-state index in [9.17, 15) is 0 Å². The van der Waals surface area contributed by atoms with Gasteiger partial charge in [0.2, 0.25) is 0 Å². The summed E-state index contributed by atoms with van der Waals surface area (Å²) in [5, 5.41) is 6.41. The number of fused-ring (bicyclic) bond motifs is 1. The van der Waals surface area contributed by atoms with Crippen molar-refractivity contribution in [3.63, 3.8) is 0 Å². The monoisotopic (exact) mass is 304 g/mol. The Labute approximate surface area is 130 Å². The minimum Gasteiger partial charge on any atom is -0.372 e. The predicted molar refractivity (Wildman–Crippen MR) is 89.9 cm³/mol. The zero-order valence-corrected chi connectivity index (χ0v) is 13.7. The summed E-state index contributed by atoms with van der Waals surface area (Å²) in [5.41, 5.74) is 0. The lowest BCUT2D eigenvalue weighted by Crippen LogP contribution is -2.31.